The molecule has 0 aromatic carbocycles. The number of rotatable bonds is 4. The van der Waals surface area contributed by atoms with Gasteiger partial charge in [0.15, 0.2) is 5.82 Å². The Morgan fingerprint density at radius 1 is 1.42 bits per heavy atom. The van der Waals surface area contributed by atoms with E-state index < -0.39 is 0 Å². The standard InChI is InChI=1S/C13H20N4OS/c1-8(14-6-10-15-7-18-17-10)11-9(2)16-12(19-11)13(3,4)5/h7-8,14H,6H2,1-5H3. The van der Waals surface area contributed by atoms with Crippen molar-refractivity contribution >= 4 is 11.3 Å². The summed E-state index contributed by atoms with van der Waals surface area (Å²) in [6.45, 7) is 11.4. The van der Waals surface area contributed by atoms with Gasteiger partial charge in [0.2, 0.25) is 6.39 Å². The number of nitrogens with zero attached hydrogens (tertiary/aromatic N) is 3. The van der Waals surface area contributed by atoms with Crippen molar-refractivity contribution < 1.29 is 4.52 Å². The largest absolute Gasteiger partial charge is 0.343 e. The fraction of sp³-hybridized carbons (Fsp3) is 0.615. The predicted molar refractivity (Wildman–Crippen MR) is 75.1 cm³/mol. The molecule has 19 heavy (non-hydrogen) atoms. The van der Waals surface area contributed by atoms with Gasteiger partial charge in [0.05, 0.1) is 17.2 Å². The number of hydrogen-bond donors (Lipinski definition) is 1. The minimum absolute atomic E-state index is 0.0983. The molecular formula is C13H20N4OS. The van der Waals surface area contributed by atoms with Gasteiger partial charge in [-0.1, -0.05) is 25.9 Å². The van der Waals surface area contributed by atoms with Gasteiger partial charge >= 0.3 is 0 Å². The first-order chi connectivity index (χ1) is 8.88. The van der Waals surface area contributed by atoms with Gasteiger partial charge in [0.1, 0.15) is 0 Å². The molecule has 2 heterocycles. The van der Waals surface area contributed by atoms with Gasteiger partial charge < -0.3 is 9.84 Å². The van der Waals surface area contributed by atoms with Gasteiger partial charge in [0.25, 0.3) is 0 Å². The van der Waals surface area contributed by atoms with Crippen molar-refractivity contribution in [1.29, 1.82) is 0 Å². The maximum atomic E-state index is 4.71. The first-order valence-corrected chi connectivity index (χ1v) is 7.16. The molecule has 5 nitrogen and oxygen atoms in total. The molecule has 2 rings (SSSR count). The monoisotopic (exact) mass is 280 g/mol. The first-order valence-electron chi connectivity index (χ1n) is 6.34. The average molecular weight is 280 g/mol. The van der Waals surface area contributed by atoms with Crippen LogP contribution in [0.5, 0.6) is 0 Å². The van der Waals surface area contributed by atoms with Crippen molar-refractivity contribution in [2.75, 3.05) is 0 Å². The Balaban J connectivity index is 2.06. The van der Waals surface area contributed by atoms with Crippen LogP contribution in [-0.2, 0) is 12.0 Å². The zero-order chi connectivity index (χ0) is 14.0. The van der Waals surface area contributed by atoms with Crippen LogP contribution in [0.25, 0.3) is 0 Å². The fourth-order valence-electron chi connectivity index (χ4n) is 1.74. The SMILES string of the molecule is Cc1nc(C(C)(C)C)sc1C(C)NCc1ncon1. The molecule has 0 saturated heterocycles. The van der Waals surface area contributed by atoms with Crippen LogP contribution in [-0.4, -0.2) is 15.1 Å². The smallest absolute Gasteiger partial charge is 0.213 e. The van der Waals surface area contributed by atoms with Crippen LogP contribution in [0.3, 0.4) is 0 Å². The molecule has 0 spiro atoms. The van der Waals surface area contributed by atoms with E-state index in [1.807, 2.05) is 0 Å². The van der Waals surface area contributed by atoms with Crippen LogP contribution in [0.4, 0.5) is 0 Å². The number of aromatic nitrogens is 3. The summed E-state index contributed by atoms with van der Waals surface area (Å²) < 4.78 is 4.71. The molecule has 104 valence electrons. The van der Waals surface area contributed by atoms with E-state index in [9.17, 15) is 0 Å². The Morgan fingerprint density at radius 2 is 2.16 bits per heavy atom. The van der Waals surface area contributed by atoms with E-state index in [4.69, 9.17) is 4.52 Å². The molecule has 6 heteroatoms. The number of aryl methyl sites for hydroxylation is 1. The van der Waals surface area contributed by atoms with E-state index in [-0.39, 0.29) is 11.5 Å². The van der Waals surface area contributed by atoms with E-state index >= 15 is 0 Å². The maximum Gasteiger partial charge on any atom is 0.213 e. The molecule has 1 N–H and O–H groups in total. The lowest BCUT2D eigenvalue weighted by molar-refractivity contribution is 0.405. The molecule has 0 bridgehead atoms. The van der Waals surface area contributed by atoms with Crippen LogP contribution >= 0.6 is 11.3 Å². The summed E-state index contributed by atoms with van der Waals surface area (Å²) in [5.74, 6) is 0.671. The van der Waals surface area contributed by atoms with Crippen molar-refractivity contribution in [2.45, 2.75) is 52.6 Å². The molecule has 0 saturated carbocycles. The molecule has 2 aromatic rings. The van der Waals surface area contributed by atoms with Crippen LogP contribution in [0.15, 0.2) is 10.9 Å². The maximum absolute atomic E-state index is 4.71. The summed E-state index contributed by atoms with van der Waals surface area (Å²) in [6, 6.07) is 0.229. The first kappa shape index (κ1) is 14.1. The summed E-state index contributed by atoms with van der Waals surface area (Å²) in [4.78, 5) is 9.94. The van der Waals surface area contributed by atoms with Gasteiger partial charge in [-0.15, -0.1) is 11.3 Å². The van der Waals surface area contributed by atoms with Crippen molar-refractivity contribution in [3.05, 3.63) is 27.8 Å². The van der Waals surface area contributed by atoms with Gasteiger partial charge in [-0.3, -0.25) is 0 Å². The second-order valence-corrected chi connectivity index (χ2v) is 6.70. The van der Waals surface area contributed by atoms with E-state index in [0.29, 0.717) is 12.4 Å². The number of nitrogens with one attached hydrogen (secondary N) is 1. The molecular weight excluding hydrogens is 260 g/mol. The van der Waals surface area contributed by atoms with Gasteiger partial charge in [-0.05, 0) is 13.8 Å². The Morgan fingerprint density at radius 3 is 2.68 bits per heavy atom. The molecule has 0 radical (unpaired) electrons. The Hall–Kier alpha value is -1.27. The van der Waals surface area contributed by atoms with E-state index in [1.54, 1.807) is 11.3 Å². The van der Waals surface area contributed by atoms with Crippen molar-refractivity contribution in [3.63, 3.8) is 0 Å². The third-order valence-electron chi connectivity index (χ3n) is 2.84. The summed E-state index contributed by atoms with van der Waals surface area (Å²) in [5, 5.41) is 8.35. The summed E-state index contributed by atoms with van der Waals surface area (Å²) >= 11 is 1.77. The third-order valence-corrected chi connectivity index (χ3v) is 4.61. The van der Waals surface area contributed by atoms with Crippen molar-refractivity contribution in [2.24, 2.45) is 0 Å². The highest BCUT2D eigenvalue weighted by molar-refractivity contribution is 7.12. The van der Waals surface area contributed by atoms with Crippen LogP contribution in [0.2, 0.25) is 0 Å². The second-order valence-electron chi connectivity index (χ2n) is 5.67. The average Bonchev–Trinajstić information content (AvgIpc) is 2.93. The molecule has 1 unspecified atom stereocenters. The minimum atomic E-state index is 0.0983. The normalized spacial score (nSPS) is 13.7. The summed E-state index contributed by atoms with van der Waals surface area (Å²) in [7, 11) is 0. The molecule has 0 aliphatic carbocycles. The molecule has 1 atom stereocenters. The highest BCUT2D eigenvalue weighted by Crippen LogP contribution is 2.32. The van der Waals surface area contributed by atoms with E-state index in [2.05, 4.69) is 55.1 Å². The van der Waals surface area contributed by atoms with Gasteiger partial charge in [-0.25, -0.2) is 4.98 Å². The van der Waals surface area contributed by atoms with Crippen molar-refractivity contribution in [1.82, 2.24) is 20.4 Å². The second kappa shape index (κ2) is 5.38. The lowest BCUT2D eigenvalue weighted by Gasteiger charge is -2.14. The summed E-state index contributed by atoms with van der Waals surface area (Å²) in [6.07, 6.45) is 1.34. The highest BCUT2D eigenvalue weighted by atomic mass is 32.1. The zero-order valence-corrected chi connectivity index (χ0v) is 12.8. The molecule has 2 aromatic heterocycles. The Bertz CT molecular complexity index is 527. The van der Waals surface area contributed by atoms with E-state index in [1.165, 1.54) is 16.3 Å². The van der Waals surface area contributed by atoms with Crippen LogP contribution in [0, 0.1) is 6.92 Å². The molecule has 0 aliphatic heterocycles. The lowest BCUT2D eigenvalue weighted by atomic mass is 9.98. The Labute approximate surface area is 117 Å². The number of hydrogen-bond acceptors (Lipinski definition) is 6. The minimum Gasteiger partial charge on any atom is -0.343 e. The van der Waals surface area contributed by atoms with Gasteiger partial charge in [0, 0.05) is 16.3 Å². The fourth-order valence-corrected chi connectivity index (χ4v) is 2.89. The van der Waals surface area contributed by atoms with Crippen molar-refractivity contribution in [3.8, 4) is 0 Å². The Kier molecular flexibility index (Phi) is 4.01. The van der Waals surface area contributed by atoms with E-state index in [0.717, 1.165) is 5.69 Å². The highest BCUT2D eigenvalue weighted by Gasteiger charge is 2.22. The van der Waals surface area contributed by atoms with Gasteiger partial charge in [-0.2, -0.15) is 4.98 Å². The van der Waals surface area contributed by atoms with Crippen LogP contribution in [0.1, 0.15) is 55.1 Å². The quantitative estimate of drug-likeness (QED) is 0.932. The zero-order valence-electron chi connectivity index (χ0n) is 12.0. The number of thiazole rings is 1. The topological polar surface area (TPSA) is 63.8 Å². The lowest BCUT2D eigenvalue weighted by Crippen LogP contribution is -2.18. The van der Waals surface area contributed by atoms with Crippen LogP contribution < -0.4 is 5.32 Å². The predicted octanol–water partition coefficient (Wildman–Crippen LogP) is 2.98. The molecule has 0 amide bonds. The molecule has 0 fully saturated rings. The third kappa shape index (κ3) is 3.39. The molecule has 0 aliphatic rings. The summed E-state index contributed by atoms with van der Waals surface area (Å²) in [5.41, 5.74) is 1.20.